The zero-order valence-electron chi connectivity index (χ0n) is 12.6. The fourth-order valence-electron chi connectivity index (χ4n) is 0.805. The minimum Gasteiger partial charge on any atom is -0.393 e. The topological polar surface area (TPSA) is 73.2 Å². The molecule has 0 saturated carbocycles. The summed E-state index contributed by atoms with van der Waals surface area (Å²) in [6.07, 6.45) is 3.40. The number of aliphatic hydroxyl groups excluding tert-OH is 3. The van der Waals surface area contributed by atoms with E-state index in [1.807, 2.05) is 6.92 Å². The van der Waals surface area contributed by atoms with Crippen LogP contribution < -0.4 is 0 Å². The average Bonchev–Trinajstić information content (AvgIpc) is 3.01. The first-order chi connectivity index (χ1) is 8.29. The molecule has 0 radical (unpaired) electrons. The van der Waals surface area contributed by atoms with Gasteiger partial charge in [0.15, 0.2) is 0 Å². The van der Waals surface area contributed by atoms with Gasteiger partial charge in [0.2, 0.25) is 0 Å². The summed E-state index contributed by atoms with van der Waals surface area (Å²) in [5.41, 5.74) is 0. The summed E-state index contributed by atoms with van der Waals surface area (Å²) in [4.78, 5) is 0. The highest BCUT2D eigenvalue weighted by Crippen LogP contribution is 2.04. The van der Waals surface area contributed by atoms with Gasteiger partial charge in [0.25, 0.3) is 0 Å². The van der Waals surface area contributed by atoms with Crippen LogP contribution in [0.5, 0.6) is 0 Å². The van der Waals surface area contributed by atoms with Gasteiger partial charge in [-0.2, -0.15) is 0 Å². The summed E-state index contributed by atoms with van der Waals surface area (Å²) < 4.78 is 4.71. The molecule has 1 heterocycles. The molecule has 4 heteroatoms. The van der Waals surface area contributed by atoms with Gasteiger partial charge in [-0.15, -0.1) is 0 Å². The second-order valence-corrected chi connectivity index (χ2v) is 5.03. The third-order valence-electron chi connectivity index (χ3n) is 2.33. The van der Waals surface area contributed by atoms with Gasteiger partial charge in [-0.25, -0.2) is 0 Å². The van der Waals surface area contributed by atoms with Crippen LogP contribution in [0, 0.1) is 0 Å². The summed E-state index contributed by atoms with van der Waals surface area (Å²) in [6.45, 7) is 10.3. The monoisotopic (exact) mass is 264 g/mol. The number of hydrogen-bond acceptors (Lipinski definition) is 4. The molecule has 1 fully saturated rings. The van der Waals surface area contributed by atoms with Crippen LogP contribution in [0.4, 0.5) is 0 Å². The third-order valence-corrected chi connectivity index (χ3v) is 2.33. The molecule has 0 aromatic carbocycles. The molecular weight excluding hydrogens is 232 g/mol. The lowest BCUT2D eigenvalue weighted by atomic mass is 10.1. The maximum atomic E-state index is 8.78. The standard InChI is InChI=1S/C7H16O2.C4H10O.C3H6O/c1-6(8)4-3-5-7(2)9;1-3-4(2)5;1-3-2-4-3/h6-9H,3-5H2,1-2H3;4-5H,3H2,1-2H3;3H,2H2,1H3. The van der Waals surface area contributed by atoms with Gasteiger partial charge < -0.3 is 20.1 Å². The summed E-state index contributed by atoms with van der Waals surface area (Å²) in [6, 6.07) is 0. The number of aliphatic hydroxyl groups is 3. The maximum Gasteiger partial charge on any atom is 0.0781 e. The maximum absolute atomic E-state index is 8.78. The first kappa shape index (κ1) is 20.2. The molecule has 0 aromatic rings. The van der Waals surface area contributed by atoms with Crippen LogP contribution in [-0.4, -0.2) is 46.3 Å². The Morgan fingerprint density at radius 2 is 1.28 bits per heavy atom. The zero-order valence-corrected chi connectivity index (χ0v) is 12.6. The lowest BCUT2D eigenvalue weighted by molar-refractivity contribution is 0.153. The molecule has 4 atom stereocenters. The minimum absolute atomic E-state index is 0.116. The van der Waals surface area contributed by atoms with Crippen LogP contribution in [0.1, 0.15) is 60.3 Å². The predicted molar refractivity (Wildman–Crippen MR) is 74.6 cm³/mol. The van der Waals surface area contributed by atoms with Gasteiger partial charge in [0.05, 0.1) is 31.0 Å². The number of hydrogen-bond donors (Lipinski definition) is 3. The van der Waals surface area contributed by atoms with Gasteiger partial charge in [0.1, 0.15) is 0 Å². The van der Waals surface area contributed by atoms with E-state index >= 15 is 0 Å². The molecule has 1 rings (SSSR count). The van der Waals surface area contributed by atoms with Crippen molar-refractivity contribution >= 4 is 0 Å². The zero-order chi connectivity index (χ0) is 14.6. The first-order valence-electron chi connectivity index (χ1n) is 6.95. The van der Waals surface area contributed by atoms with E-state index in [0.717, 1.165) is 32.3 Å². The molecule has 112 valence electrons. The second-order valence-electron chi connectivity index (χ2n) is 5.03. The lowest BCUT2D eigenvalue weighted by Crippen LogP contribution is -2.03. The van der Waals surface area contributed by atoms with Crippen molar-refractivity contribution in [2.75, 3.05) is 6.61 Å². The quantitative estimate of drug-likeness (QED) is 0.665. The molecule has 1 aliphatic heterocycles. The van der Waals surface area contributed by atoms with Gasteiger partial charge in [0, 0.05) is 0 Å². The molecule has 0 aliphatic carbocycles. The van der Waals surface area contributed by atoms with Crippen LogP contribution in [0.15, 0.2) is 0 Å². The Balaban J connectivity index is 0. The summed E-state index contributed by atoms with van der Waals surface area (Å²) in [7, 11) is 0. The Morgan fingerprint density at radius 3 is 1.39 bits per heavy atom. The molecule has 18 heavy (non-hydrogen) atoms. The molecular formula is C14H32O4. The Hall–Kier alpha value is -0.160. The Kier molecular flexibility index (Phi) is 14.9. The third kappa shape index (κ3) is 29.7. The van der Waals surface area contributed by atoms with Gasteiger partial charge >= 0.3 is 0 Å². The number of ether oxygens (including phenoxy) is 1. The van der Waals surface area contributed by atoms with E-state index < -0.39 is 0 Å². The highest BCUT2D eigenvalue weighted by atomic mass is 16.6. The van der Waals surface area contributed by atoms with Crippen LogP contribution in [0.25, 0.3) is 0 Å². The minimum atomic E-state index is -0.219. The van der Waals surface area contributed by atoms with E-state index in [0.29, 0.717) is 6.10 Å². The molecule has 4 nitrogen and oxygen atoms in total. The molecule has 3 N–H and O–H groups in total. The Morgan fingerprint density at radius 1 is 1.00 bits per heavy atom. The van der Waals surface area contributed by atoms with Crippen molar-refractivity contribution in [2.24, 2.45) is 0 Å². The van der Waals surface area contributed by atoms with Crippen LogP contribution in [0.2, 0.25) is 0 Å². The van der Waals surface area contributed by atoms with E-state index in [9.17, 15) is 0 Å². The molecule has 0 amide bonds. The Bertz CT molecular complexity index is 146. The van der Waals surface area contributed by atoms with Crippen molar-refractivity contribution in [3.8, 4) is 0 Å². The van der Waals surface area contributed by atoms with Crippen molar-refractivity contribution in [3.63, 3.8) is 0 Å². The molecule has 4 unspecified atom stereocenters. The fourth-order valence-corrected chi connectivity index (χ4v) is 0.805. The average molecular weight is 264 g/mol. The van der Waals surface area contributed by atoms with E-state index in [-0.39, 0.29) is 18.3 Å². The molecule has 1 saturated heterocycles. The van der Waals surface area contributed by atoms with Crippen molar-refractivity contribution in [1.29, 1.82) is 0 Å². The van der Waals surface area contributed by atoms with Gasteiger partial charge in [-0.3, -0.25) is 0 Å². The Labute approximate surface area is 112 Å². The molecule has 0 aromatic heterocycles. The van der Waals surface area contributed by atoms with Crippen LogP contribution >= 0.6 is 0 Å². The fraction of sp³-hybridized carbons (Fsp3) is 1.00. The first-order valence-corrected chi connectivity index (χ1v) is 6.95. The SMILES string of the molecule is CC(O)CCCC(C)O.CC1CO1.CCC(C)O. The smallest absolute Gasteiger partial charge is 0.0781 e. The van der Waals surface area contributed by atoms with E-state index in [2.05, 4.69) is 6.92 Å². The van der Waals surface area contributed by atoms with Crippen molar-refractivity contribution in [1.82, 2.24) is 0 Å². The highest BCUT2D eigenvalue weighted by molar-refractivity contribution is 4.58. The van der Waals surface area contributed by atoms with E-state index in [4.69, 9.17) is 20.1 Å². The van der Waals surface area contributed by atoms with E-state index in [1.165, 1.54) is 0 Å². The highest BCUT2D eigenvalue weighted by Gasteiger charge is 2.13. The van der Waals surface area contributed by atoms with Crippen LogP contribution in [0.3, 0.4) is 0 Å². The van der Waals surface area contributed by atoms with E-state index in [1.54, 1.807) is 20.8 Å². The normalized spacial score (nSPS) is 21.7. The predicted octanol–water partition coefficient (Wildman–Crippen LogP) is 2.10. The second kappa shape index (κ2) is 13.3. The number of rotatable bonds is 5. The van der Waals surface area contributed by atoms with Gasteiger partial charge in [-0.05, 0) is 53.4 Å². The van der Waals surface area contributed by atoms with Crippen molar-refractivity contribution in [2.45, 2.75) is 84.7 Å². The van der Waals surface area contributed by atoms with Crippen LogP contribution in [-0.2, 0) is 4.74 Å². The molecule has 1 aliphatic rings. The molecule has 0 bridgehead atoms. The summed E-state index contributed by atoms with van der Waals surface area (Å²) in [5.74, 6) is 0. The lowest BCUT2D eigenvalue weighted by Gasteiger charge is -2.04. The van der Waals surface area contributed by atoms with Crippen molar-refractivity contribution in [3.05, 3.63) is 0 Å². The number of epoxide rings is 1. The van der Waals surface area contributed by atoms with Gasteiger partial charge in [-0.1, -0.05) is 6.92 Å². The largest absolute Gasteiger partial charge is 0.393 e. The summed E-state index contributed by atoms with van der Waals surface area (Å²) in [5, 5.41) is 25.9. The van der Waals surface area contributed by atoms with Crippen molar-refractivity contribution < 1.29 is 20.1 Å². The summed E-state index contributed by atoms with van der Waals surface area (Å²) >= 11 is 0. The molecule has 0 spiro atoms.